The maximum absolute atomic E-state index is 13.9. The Morgan fingerprint density at radius 2 is 2.12 bits per heavy atom. The average molecular weight is 290 g/mol. The van der Waals surface area contributed by atoms with Crippen molar-refractivity contribution in [3.63, 3.8) is 0 Å². The summed E-state index contributed by atoms with van der Waals surface area (Å²) >= 11 is 3.20. The van der Waals surface area contributed by atoms with Crippen LogP contribution in [0.15, 0.2) is 10.5 Å². The van der Waals surface area contributed by atoms with Crippen LogP contribution in [0.2, 0.25) is 0 Å². The van der Waals surface area contributed by atoms with Crippen LogP contribution >= 0.6 is 15.9 Å². The van der Waals surface area contributed by atoms with E-state index in [1.165, 1.54) is 0 Å². The predicted octanol–water partition coefficient (Wildman–Crippen LogP) is 2.25. The van der Waals surface area contributed by atoms with Gasteiger partial charge in [0.25, 0.3) is 0 Å². The Morgan fingerprint density at radius 3 is 2.88 bits per heavy atom. The van der Waals surface area contributed by atoms with Crippen molar-refractivity contribution in [2.75, 3.05) is 19.8 Å². The molecule has 0 unspecified atom stereocenters. The fourth-order valence-electron chi connectivity index (χ4n) is 1.63. The van der Waals surface area contributed by atoms with Gasteiger partial charge in [-0.3, -0.25) is 0 Å². The Morgan fingerprint density at radius 1 is 1.38 bits per heavy atom. The first-order valence-corrected chi connectivity index (χ1v) is 6.00. The first-order chi connectivity index (χ1) is 7.74. The van der Waals surface area contributed by atoms with Gasteiger partial charge in [0.2, 0.25) is 0 Å². The summed E-state index contributed by atoms with van der Waals surface area (Å²) in [6, 6.07) is 1.67. The molecule has 0 saturated heterocycles. The van der Waals surface area contributed by atoms with Crippen molar-refractivity contribution in [2.45, 2.75) is 12.8 Å². The quantitative estimate of drug-likeness (QED) is 0.908. The highest BCUT2D eigenvalue weighted by molar-refractivity contribution is 9.10. The Kier molecular flexibility index (Phi) is 3.66. The molecule has 0 amide bonds. The fraction of sp³-hybridized carbons (Fsp3) is 0.455. The van der Waals surface area contributed by atoms with Gasteiger partial charge < -0.3 is 15.2 Å². The van der Waals surface area contributed by atoms with E-state index in [4.69, 9.17) is 15.2 Å². The number of hydrogen-bond donors (Lipinski definition) is 1. The number of rotatable bonds is 2. The molecule has 0 aliphatic carbocycles. The topological polar surface area (TPSA) is 44.5 Å². The third kappa shape index (κ3) is 2.15. The molecule has 0 spiro atoms. The van der Waals surface area contributed by atoms with E-state index in [-0.39, 0.29) is 5.82 Å². The van der Waals surface area contributed by atoms with Crippen LogP contribution in [0.4, 0.5) is 4.39 Å². The van der Waals surface area contributed by atoms with Crippen molar-refractivity contribution in [2.24, 2.45) is 5.73 Å². The summed E-state index contributed by atoms with van der Waals surface area (Å²) in [7, 11) is 0. The summed E-state index contributed by atoms with van der Waals surface area (Å²) in [6.07, 6.45) is 1.29. The highest BCUT2D eigenvalue weighted by atomic mass is 79.9. The first-order valence-electron chi connectivity index (χ1n) is 5.20. The Bertz CT molecular complexity index is 398. The second-order valence-corrected chi connectivity index (χ2v) is 4.37. The lowest BCUT2D eigenvalue weighted by atomic mass is 10.1. The van der Waals surface area contributed by atoms with Gasteiger partial charge in [0, 0.05) is 6.42 Å². The van der Waals surface area contributed by atoms with Gasteiger partial charge in [-0.2, -0.15) is 0 Å². The second-order valence-electron chi connectivity index (χ2n) is 3.58. The molecule has 88 valence electrons. The largest absolute Gasteiger partial charge is 0.490 e. The van der Waals surface area contributed by atoms with E-state index in [1.54, 1.807) is 6.07 Å². The highest BCUT2D eigenvalue weighted by Crippen LogP contribution is 2.40. The van der Waals surface area contributed by atoms with Gasteiger partial charge in [-0.1, -0.05) is 0 Å². The van der Waals surface area contributed by atoms with Gasteiger partial charge in [-0.25, -0.2) is 4.39 Å². The molecular formula is C11H13BrFNO2. The zero-order chi connectivity index (χ0) is 11.5. The Labute approximate surface area is 102 Å². The van der Waals surface area contributed by atoms with Gasteiger partial charge in [0.15, 0.2) is 11.5 Å². The van der Waals surface area contributed by atoms with E-state index in [9.17, 15) is 4.39 Å². The molecule has 3 nitrogen and oxygen atoms in total. The third-order valence-electron chi connectivity index (χ3n) is 2.41. The van der Waals surface area contributed by atoms with Crippen molar-refractivity contribution in [3.05, 3.63) is 21.9 Å². The molecule has 1 heterocycles. The van der Waals surface area contributed by atoms with Crippen LogP contribution < -0.4 is 15.2 Å². The molecule has 0 saturated carbocycles. The van der Waals surface area contributed by atoms with Crippen molar-refractivity contribution in [3.8, 4) is 11.5 Å². The molecule has 0 bridgehead atoms. The third-order valence-corrected chi connectivity index (χ3v) is 3.12. The average Bonchev–Trinajstić information content (AvgIpc) is 2.51. The Balaban J connectivity index is 2.46. The lowest BCUT2D eigenvalue weighted by Gasteiger charge is -2.12. The lowest BCUT2D eigenvalue weighted by Crippen LogP contribution is -2.06. The molecule has 0 radical (unpaired) electrons. The van der Waals surface area contributed by atoms with Crippen LogP contribution in [-0.2, 0) is 6.42 Å². The fourth-order valence-corrected chi connectivity index (χ4v) is 2.19. The number of hydrogen-bond acceptors (Lipinski definition) is 3. The number of halogens is 2. The zero-order valence-electron chi connectivity index (χ0n) is 8.76. The molecular weight excluding hydrogens is 277 g/mol. The predicted molar refractivity (Wildman–Crippen MR) is 62.5 cm³/mol. The summed E-state index contributed by atoms with van der Waals surface area (Å²) in [5.74, 6) is 0.736. The van der Waals surface area contributed by atoms with Crippen LogP contribution in [-0.4, -0.2) is 19.8 Å². The SMILES string of the molecule is NCCc1cc2c(c(Br)c1F)OCCCO2. The van der Waals surface area contributed by atoms with Gasteiger partial charge in [0.05, 0.1) is 17.7 Å². The van der Waals surface area contributed by atoms with Crippen molar-refractivity contribution in [1.82, 2.24) is 0 Å². The van der Waals surface area contributed by atoms with Crippen LogP contribution in [0.1, 0.15) is 12.0 Å². The normalized spacial score (nSPS) is 14.7. The summed E-state index contributed by atoms with van der Waals surface area (Å²) in [6.45, 7) is 1.54. The minimum Gasteiger partial charge on any atom is -0.490 e. The molecule has 5 heteroatoms. The minimum absolute atomic E-state index is 0.310. The lowest BCUT2D eigenvalue weighted by molar-refractivity contribution is 0.296. The number of benzene rings is 1. The van der Waals surface area contributed by atoms with Gasteiger partial charge in [0.1, 0.15) is 5.82 Å². The van der Waals surface area contributed by atoms with Crippen LogP contribution in [0.3, 0.4) is 0 Å². The maximum Gasteiger partial charge on any atom is 0.178 e. The summed E-state index contributed by atoms with van der Waals surface area (Å²) in [5.41, 5.74) is 5.99. The summed E-state index contributed by atoms with van der Waals surface area (Å²) in [5, 5.41) is 0. The molecule has 1 aliphatic heterocycles. The molecule has 0 atom stereocenters. The standard InChI is InChI=1S/C11H13BrFNO2/c12-9-10(13)7(2-3-14)6-8-11(9)16-5-1-4-15-8/h6H,1-5,14H2. The zero-order valence-corrected chi connectivity index (χ0v) is 10.3. The molecule has 2 rings (SSSR count). The second kappa shape index (κ2) is 5.01. The maximum atomic E-state index is 13.9. The monoisotopic (exact) mass is 289 g/mol. The van der Waals surface area contributed by atoms with Crippen LogP contribution in [0.25, 0.3) is 0 Å². The van der Waals surface area contributed by atoms with Crippen molar-refractivity contribution in [1.29, 1.82) is 0 Å². The first kappa shape index (κ1) is 11.7. The Hall–Kier alpha value is -0.810. The van der Waals surface area contributed by atoms with E-state index in [1.807, 2.05) is 0 Å². The molecule has 0 fully saturated rings. The summed E-state index contributed by atoms with van der Waals surface area (Å²) < 4.78 is 25.2. The van der Waals surface area contributed by atoms with Gasteiger partial charge in [-0.15, -0.1) is 0 Å². The van der Waals surface area contributed by atoms with E-state index < -0.39 is 0 Å². The van der Waals surface area contributed by atoms with Crippen LogP contribution in [0, 0.1) is 5.82 Å². The molecule has 0 aromatic heterocycles. The van der Waals surface area contributed by atoms with Crippen molar-refractivity contribution >= 4 is 15.9 Å². The van der Waals surface area contributed by atoms with Gasteiger partial charge >= 0.3 is 0 Å². The highest BCUT2D eigenvalue weighted by Gasteiger charge is 2.20. The van der Waals surface area contributed by atoms with Crippen molar-refractivity contribution < 1.29 is 13.9 Å². The van der Waals surface area contributed by atoms with E-state index in [0.717, 1.165) is 6.42 Å². The molecule has 1 aromatic rings. The summed E-state index contributed by atoms with van der Waals surface area (Å²) in [4.78, 5) is 0. The molecule has 16 heavy (non-hydrogen) atoms. The van der Waals surface area contributed by atoms with E-state index in [0.29, 0.717) is 47.7 Å². The number of ether oxygens (including phenoxy) is 2. The smallest absolute Gasteiger partial charge is 0.178 e. The van der Waals surface area contributed by atoms with Gasteiger partial charge in [-0.05, 0) is 40.5 Å². The number of fused-ring (bicyclic) bond motifs is 1. The van der Waals surface area contributed by atoms with Crippen LogP contribution in [0.5, 0.6) is 11.5 Å². The minimum atomic E-state index is -0.310. The number of nitrogens with two attached hydrogens (primary N) is 1. The molecule has 1 aliphatic rings. The molecule has 2 N–H and O–H groups in total. The van der Waals surface area contributed by atoms with E-state index >= 15 is 0 Å². The van der Waals surface area contributed by atoms with E-state index in [2.05, 4.69) is 15.9 Å². The molecule has 1 aromatic carbocycles.